The SMILES string of the molecule is CC1(C)OB(c2ccc(-c3ccc(-c4cnc([C@@H]5CC[C@@](C)(C(C)(C)C)N5C(=O)O)[nH]4)cc3)cc2)OC1(C)C. The molecule has 1 amide bonds. The van der Waals surface area contributed by atoms with Crippen LogP contribution in [0.3, 0.4) is 0 Å². The Morgan fingerprint density at radius 2 is 1.46 bits per heavy atom. The molecule has 0 aliphatic carbocycles. The molecule has 2 atom stereocenters. The van der Waals surface area contributed by atoms with Crippen molar-refractivity contribution in [2.24, 2.45) is 5.41 Å². The van der Waals surface area contributed by atoms with Crippen LogP contribution < -0.4 is 5.46 Å². The van der Waals surface area contributed by atoms with E-state index in [4.69, 9.17) is 9.31 Å². The number of likely N-dealkylation sites (tertiary alicyclic amines) is 1. The van der Waals surface area contributed by atoms with E-state index in [9.17, 15) is 9.90 Å². The van der Waals surface area contributed by atoms with Gasteiger partial charge in [-0.3, -0.25) is 4.90 Å². The van der Waals surface area contributed by atoms with Gasteiger partial charge in [0.05, 0.1) is 29.1 Å². The molecule has 0 unspecified atom stereocenters. The van der Waals surface area contributed by atoms with Gasteiger partial charge in [-0.25, -0.2) is 9.78 Å². The third kappa shape index (κ3) is 4.68. The average Bonchev–Trinajstić information content (AvgIpc) is 3.54. The number of amides is 1. The van der Waals surface area contributed by atoms with Crippen molar-refractivity contribution in [3.63, 3.8) is 0 Å². The van der Waals surface area contributed by atoms with Crippen molar-refractivity contribution >= 4 is 18.7 Å². The van der Waals surface area contributed by atoms with Gasteiger partial charge in [-0.05, 0) is 75.0 Å². The highest BCUT2D eigenvalue weighted by Crippen LogP contribution is 2.50. The summed E-state index contributed by atoms with van der Waals surface area (Å²) >= 11 is 0. The Bertz CT molecular complexity index is 1340. The summed E-state index contributed by atoms with van der Waals surface area (Å²) in [6.45, 7) is 16.6. The van der Waals surface area contributed by atoms with Crippen LogP contribution in [0.5, 0.6) is 0 Å². The number of benzene rings is 2. The summed E-state index contributed by atoms with van der Waals surface area (Å²) < 4.78 is 12.4. The van der Waals surface area contributed by atoms with Crippen molar-refractivity contribution < 1.29 is 19.2 Å². The number of imidazole rings is 1. The lowest BCUT2D eigenvalue weighted by atomic mass is 9.73. The van der Waals surface area contributed by atoms with Gasteiger partial charge in [-0.2, -0.15) is 0 Å². The number of carbonyl (C=O) groups is 1. The van der Waals surface area contributed by atoms with Crippen LogP contribution >= 0.6 is 0 Å². The Labute approximate surface area is 232 Å². The number of carboxylic acid groups (broad SMARTS) is 1. The van der Waals surface area contributed by atoms with Crippen molar-refractivity contribution in [1.82, 2.24) is 14.9 Å². The van der Waals surface area contributed by atoms with Crippen LogP contribution in [0.15, 0.2) is 54.7 Å². The highest BCUT2D eigenvalue weighted by Gasteiger charge is 2.54. The van der Waals surface area contributed by atoms with E-state index in [2.05, 4.69) is 107 Å². The second-order valence-corrected chi connectivity index (χ2v) is 13.2. The smallest absolute Gasteiger partial charge is 0.465 e. The van der Waals surface area contributed by atoms with E-state index < -0.39 is 11.6 Å². The summed E-state index contributed by atoms with van der Waals surface area (Å²) in [7, 11) is -0.376. The minimum absolute atomic E-state index is 0.187. The molecule has 3 aromatic rings. The van der Waals surface area contributed by atoms with Crippen LogP contribution in [0.4, 0.5) is 4.79 Å². The summed E-state index contributed by atoms with van der Waals surface area (Å²) in [6, 6.07) is 16.3. The van der Waals surface area contributed by atoms with E-state index in [0.29, 0.717) is 5.82 Å². The first-order valence-corrected chi connectivity index (χ1v) is 13.8. The predicted octanol–water partition coefficient (Wildman–Crippen LogP) is 6.66. The normalized spacial score (nSPS) is 24.4. The molecule has 0 radical (unpaired) electrons. The van der Waals surface area contributed by atoms with Crippen LogP contribution in [0, 0.1) is 5.41 Å². The number of nitrogens with zero attached hydrogens (tertiary/aromatic N) is 2. The van der Waals surface area contributed by atoms with E-state index in [-0.39, 0.29) is 29.8 Å². The van der Waals surface area contributed by atoms with Crippen LogP contribution in [0.2, 0.25) is 0 Å². The first kappa shape index (κ1) is 27.5. The molecule has 2 aromatic carbocycles. The predicted molar refractivity (Wildman–Crippen MR) is 155 cm³/mol. The molecule has 0 saturated carbocycles. The maximum atomic E-state index is 12.3. The van der Waals surface area contributed by atoms with Crippen LogP contribution in [0.1, 0.15) is 80.1 Å². The number of H-pyrrole nitrogens is 1. The first-order chi connectivity index (χ1) is 18.1. The quantitative estimate of drug-likeness (QED) is 0.369. The van der Waals surface area contributed by atoms with Gasteiger partial charge in [-0.15, -0.1) is 0 Å². The maximum Gasteiger partial charge on any atom is 0.494 e. The van der Waals surface area contributed by atoms with Gasteiger partial charge in [0.25, 0.3) is 0 Å². The van der Waals surface area contributed by atoms with Crippen molar-refractivity contribution in [2.75, 3.05) is 0 Å². The zero-order valence-electron chi connectivity index (χ0n) is 24.3. The highest BCUT2D eigenvalue weighted by atomic mass is 16.7. The van der Waals surface area contributed by atoms with E-state index in [1.807, 2.05) is 6.92 Å². The fourth-order valence-electron chi connectivity index (χ4n) is 5.66. The molecule has 2 aliphatic rings. The molecule has 3 heterocycles. The molecule has 206 valence electrons. The lowest BCUT2D eigenvalue weighted by Crippen LogP contribution is -2.53. The van der Waals surface area contributed by atoms with Gasteiger partial charge >= 0.3 is 13.2 Å². The molecule has 8 heteroatoms. The monoisotopic (exact) mass is 529 g/mol. The second-order valence-electron chi connectivity index (χ2n) is 13.2. The van der Waals surface area contributed by atoms with Gasteiger partial charge in [0.2, 0.25) is 0 Å². The molecule has 0 spiro atoms. The topological polar surface area (TPSA) is 87.7 Å². The fourth-order valence-corrected chi connectivity index (χ4v) is 5.66. The Morgan fingerprint density at radius 3 is 1.97 bits per heavy atom. The van der Waals surface area contributed by atoms with Gasteiger partial charge < -0.3 is 19.4 Å². The lowest BCUT2D eigenvalue weighted by molar-refractivity contribution is 0.00578. The van der Waals surface area contributed by atoms with Crippen LogP contribution in [0.25, 0.3) is 22.4 Å². The first-order valence-electron chi connectivity index (χ1n) is 13.8. The van der Waals surface area contributed by atoms with Gasteiger partial charge in [-0.1, -0.05) is 69.3 Å². The fraction of sp³-hybridized carbons (Fsp3) is 0.484. The molecular formula is C31H40BN3O4. The summed E-state index contributed by atoms with van der Waals surface area (Å²) in [6.07, 6.45) is 2.44. The number of nitrogens with one attached hydrogen (secondary N) is 1. The van der Waals surface area contributed by atoms with Crippen molar-refractivity contribution in [3.05, 3.63) is 60.6 Å². The molecular weight excluding hydrogens is 489 g/mol. The minimum Gasteiger partial charge on any atom is -0.465 e. The number of aromatic amines is 1. The van der Waals surface area contributed by atoms with E-state index in [1.54, 1.807) is 11.1 Å². The molecule has 2 fully saturated rings. The largest absolute Gasteiger partial charge is 0.494 e. The molecule has 2 N–H and O–H groups in total. The zero-order valence-corrected chi connectivity index (χ0v) is 24.3. The zero-order chi connectivity index (χ0) is 28.4. The van der Waals surface area contributed by atoms with Gasteiger partial charge in [0.15, 0.2) is 0 Å². The molecule has 2 aliphatic heterocycles. The van der Waals surface area contributed by atoms with Crippen LogP contribution in [-0.2, 0) is 9.31 Å². The van der Waals surface area contributed by atoms with Gasteiger partial charge in [0, 0.05) is 5.54 Å². The number of rotatable bonds is 4. The summed E-state index contributed by atoms with van der Waals surface area (Å²) in [5.74, 6) is 0.697. The van der Waals surface area contributed by atoms with Crippen molar-refractivity contribution in [1.29, 1.82) is 0 Å². The van der Waals surface area contributed by atoms with E-state index in [1.165, 1.54) is 0 Å². The Balaban J connectivity index is 1.32. The Morgan fingerprint density at radius 1 is 0.949 bits per heavy atom. The van der Waals surface area contributed by atoms with Crippen molar-refractivity contribution in [3.8, 4) is 22.4 Å². The standard InChI is InChI=1S/C31H40BN3O4/c1-28(2,3)31(8)18-17-25(35(31)27(36)37)26-33-19-24(34-26)22-11-9-20(10-12-22)21-13-15-23(16-14-21)32-38-29(4,5)30(6,7)39-32/h9-16,19,25H,17-18H2,1-8H3,(H,33,34)(H,36,37)/t25-,31-/m0/s1. The summed E-state index contributed by atoms with van der Waals surface area (Å²) in [5.41, 5.74) is 3.72. The molecule has 5 rings (SSSR count). The number of hydrogen-bond donors (Lipinski definition) is 2. The molecule has 0 bridgehead atoms. The molecule has 39 heavy (non-hydrogen) atoms. The maximum absolute atomic E-state index is 12.3. The summed E-state index contributed by atoms with van der Waals surface area (Å²) in [4.78, 5) is 22.0. The number of hydrogen-bond acceptors (Lipinski definition) is 4. The second kappa shape index (κ2) is 9.24. The summed E-state index contributed by atoms with van der Waals surface area (Å²) in [5, 5.41) is 10.1. The Hall–Kier alpha value is -3.10. The van der Waals surface area contributed by atoms with E-state index in [0.717, 1.165) is 40.7 Å². The highest BCUT2D eigenvalue weighted by molar-refractivity contribution is 6.62. The minimum atomic E-state index is -0.901. The van der Waals surface area contributed by atoms with Gasteiger partial charge in [0.1, 0.15) is 5.82 Å². The van der Waals surface area contributed by atoms with Crippen molar-refractivity contribution in [2.45, 2.75) is 91.0 Å². The lowest BCUT2D eigenvalue weighted by Gasteiger charge is -2.45. The van der Waals surface area contributed by atoms with Crippen LogP contribution in [-0.4, -0.2) is 49.9 Å². The number of aromatic nitrogens is 2. The van der Waals surface area contributed by atoms with E-state index >= 15 is 0 Å². The molecule has 1 aromatic heterocycles. The third-order valence-electron chi connectivity index (χ3n) is 9.45. The molecule has 2 saturated heterocycles. The third-order valence-corrected chi connectivity index (χ3v) is 9.45. The molecule has 7 nitrogen and oxygen atoms in total. The Kier molecular flexibility index (Phi) is 6.51. The average molecular weight is 529 g/mol.